The molecule has 2 rings (SSSR count). The molecule has 1 aliphatic rings. The highest BCUT2D eigenvalue weighted by atomic mass is 16.5. The van der Waals surface area contributed by atoms with Crippen LogP contribution in [0.2, 0.25) is 0 Å². The number of rotatable bonds is 3. The van der Waals surface area contributed by atoms with E-state index in [1.165, 1.54) is 32.8 Å². The van der Waals surface area contributed by atoms with Gasteiger partial charge in [0.1, 0.15) is 0 Å². The summed E-state index contributed by atoms with van der Waals surface area (Å²) < 4.78 is 4.74. The zero-order valence-electron chi connectivity index (χ0n) is 11.0. The molecule has 4 nitrogen and oxygen atoms in total. The van der Waals surface area contributed by atoms with Gasteiger partial charge in [-0.05, 0) is 25.0 Å². The van der Waals surface area contributed by atoms with Crippen LogP contribution in [0.5, 0.6) is 0 Å². The highest BCUT2D eigenvalue weighted by Crippen LogP contribution is 2.32. The van der Waals surface area contributed by atoms with E-state index in [2.05, 4.69) is 4.90 Å². The predicted molar refractivity (Wildman–Crippen MR) is 72.9 cm³/mol. The molecule has 0 unspecified atom stereocenters. The topological polar surface area (TPSA) is 55.6 Å². The molecule has 0 atom stereocenters. The fourth-order valence-corrected chi connectivity index (χ4v) is 2.64. The first-order valence-corrected chi connectivity index (χ1v) is 6.34. The number of benzene rings is 1. The zero-order valence-corrected chi connectivity index (χ0v) is 11.0. The highest BCUT2D eigenvalue weighted by molar-refractivity contribution is 5.98. The van der Waals surface area contributed by atoms with Gasteiger partial charge in [0.05, 0.1) is 24.0 Å². The van der Waals surface area contributed by atoms with Gasteiger partial charge in [-0.2, -0.15) is 0 Å². The Bertz CT molecular complexity index is 439. The average Bonchev–Trinajstić information content (AvgIpc) is 2.91. The largest absolute Gasteiger partial charge is 0.465 e. The molecule has 1 aromatic rings. The van der Waals surface area contributed by atoms with E-state index in [0.717, 1.165) is 5.69 Å². The van der Waals surface area contributed by atoms with Gasteiger partial charge in [-0.15, -0.1) is 0 Å². The summed E-state index contributed by atoms with van der Waals surface area (Å²) in [4.78, 5) is 13.8. The van der Waals surface area contributed by atoms with E-state index in [1.807, 2.05) is 19.2 Å². The molecule has 0 aromatic heterocycles. The summed E-state index contributed by atoms with van der Waals surface area (Å²) in [5, 5.41) is 0. The number of methoxy groups -OCH3 is 1. The third-order valence-corrected chi connectivity index (χ3v) is 3.74. The van der Waals surface area contributed by atoms with E-state index in [0.29, 0.717) is 17.3 Å². The molecule has 0 heterocycles. The first-order valence-electron chi connectivity index (χ1n) is 6.34. The monoisotopic (exact) mass is 248 g/mol. The summed E-state index contributed by atoms with van der Waals surface area (Å²) in [6.07, 6.45) is 4.92. The fourth-order valence-electron chi connectivity index (χ4n) is 2.64. The van der Waals surface area contributed by atoms with E-state index in [9.17, 15) is 4.79 Å². The van der Waals surface area contributed by atoms with Crippen LogP contribution in [0.3, 0.4) is 0 Å². The maximum Gasteiger partial charge on any atom is 0.340 e. The molecular weight excluding hydrogens is 228 g/mol. The third-order valence-electron chi connectivity index (χ3n) is 3.74. The Morgan fingerprint density at radius 2 is 2.06 bits per heavy atom. The lowest BCUT2D eigenvalue weighted by molar-refractivity contribution is 0.0602. The van der Waals surface area contributed by atoms with Gasteiger partial charge in [0.15, 0.2) is 0 Å². The minimum atomic E-state index is -0.380. The number of carbonyl (C=O) groups excluding carboxylic acids is 1. The quantitative estimate of drug-likeness (QED) is 0.659. The van der Waals surface area contributed by atoms with Crippen LogP contribution in [-0.4, -0.2) is 26.2 Å². The van der Waals surface area contributed by atoms with Crippen LogP contribution >= 0.6 is 0 Å². The number of esters is 1. The van der Waals surface area contributed by atoms with Crippen molar-refractivity contribution < 1.29 is 9.53 Å². The average molecular weight is 248 g/mol. The van der Waals surface area contributed by atoms with Gasteiger partial charge in [0.2, 0.25) is 0 Å². The van der Waals surface area contributed by atoms with Crippen molar-refractivity contribution in [3.63, 3.8) is 0 Å². The van der Waals surface area contributed by atoms with E-state index in [1.54, 1.807) is 6.07 Å². The number of ether oxygens (including phenoxy) is 1. The summed E-state index contributed by atoms with van der Waals surface area (Å²) >= 11 is 0. The van der Waals surface area contributed by atoms with Crippen LogP contribution in [0.15, 0.2) is 18.2 Å². The van der Waals surface area contributed by atoms with Crippen LogP contribution in [0, 0.1) is 0 Å². The number of hydrogen-bond donors (Lipinski definition) is 1. The second-order valence-corrected chi connectivity index (χ2v) is 4.78. The maximum absolute atomic E-state index is 11.6. The fraction of sp³-hybridized carbons (Fsp3) is 0.500. The van der Waals surface area contributed by atoms with Crippen LogP contribution in [0.1, 0.15) is 36.0 Å². The molecular formula is C14H20N2O2. The van der Waals surface area contributed by atoms with E-state index in [-0.39, 0.29) is 5.97 Å². The Kier molecular flexibility index (Phi) is 3.75. The molecule has 1 aliphatic carbocycles. The van der Waals surface area contributed by atoms with Crippen molar-refractivity contribution in [1.82, 2.24) is 0 Å². The summed E-state index contributed by atoms with van der Waals surface area (Å²) in [7, 11) is 3.41. The Labute approximate surface area is 108 Å². The van der Waals surface area contributed by atoms with Gasteiger partial charge in [0.25, 0.3) is 0 Å². The first-order chi connectivity index (χ1) is 8.65. The van der Waals surface area contributed by atoms with E-state index in [4.69, 9.17) is 10.5 Å². The maximum atomic E-state index is 11.6. The van der Waals surface area contributed by atoms with Gasteiger partial charge < -0.3 is 15.4 Å². The molecule has 0 aliphatic heterocycles. The van der Waals surface area contributed by atoms with Crippen LogP contribution in [0.25, 0.3) is 0 Å². The SMILES string of the molecule is COC(=O)c1cccc(N(C)C2CCCC2)c1N. The van der Waals surface area contributed by atoms with Crippen LogP contribution < -0.4 is 10.6 Å². The lowest BCUT2D eigenvalue weighted by Gasteiger charge is -2.28. The highest BCUT2D eigenvalue weighted by Gasteiger charge is 2.23. The van der Waals surface area contributed by atoms with Crippen LogP contribution in [0.4, 0.5) is 11.4 Å². The van der Waals surface area contributed by atoms with Crippen molar-refractivity contribution in [3.05, 3.63) is 23.8 Å². The molecule has 0 spiro atoms. The van der Waals surface area contributed by atoms with Crippen molar-refractivity contribution >= 4 is 17.3 Å². The lowest BCUT2D eigenvalue weighted by atomic mass is 10.1. The molecule has 98 valence electrons. The van der Waals surface area contributed by atoms with Gasteiger partial charge in [-0.3, -0.25) is 0 Å². The number of anilines is 2. The molecule has 1 aromatic carbocycles. The Hall–Kier alpha value is -1.71. The molecule has 0 bridgehead atoms. The number of carbonyl (C=O) groups is 1. The molecule has 1 fully saturated rings. The number of nitrogen functional groups attached to an aromatic ring is 1. The predicted octanol–water partition coefficient (Wildman–Crippen LogP) is 2.43. The van der Waals surface area contributed by atoms with Crippen molar-refractivity contribution in [2.45, 2.75) is 31.7 Å². The lowest BCUT2D eigenvalue weighted by Crippen LogP contribution is -2.29. The Morgan fingerprint density at radius 3 is 2.67 bits per heavy atom. The molecule has 4 heteroatoms. The van der Waals surface area contributed by atoms with Gasteiger partial charge >= 0.3 is 5.97 Å². The minimum absolute atomic E-state index is 0.380. The van der Waals surface area contributed by atoms with E-state index < -0.39 is 0 Å². The van der Waals surface area contributed by atoms with E-state index >= 15 is 0 Å². The first kappa shape index (κ1) is 12.7. The summed E-state index contributed by atoms with van der Waals surface area (Å²) in [6.45, 7) is 0. The minimum Gasteiger partial charge on any atom is -0.465 e. The molecule has 0 saturated heterocycles. The normalized spacial score (nSPS) is 15.7. The second-order valence-electron chi connectivity index (χ2n) is 4.78. The Morgan fingerprint density at radius 1 is 1.39 bits per heavy atom. The summed E-state index contributed by atoms with van der Waals surface area (Å²) in [5.74, 6) is -0.380. The molecule has 1 saturated carbocycles. The molecule has 18 heavy (non-hydrogen) atoms. The zero-order chi connectivity index (χ0) is 13.1. The van der Waals surface area contributed by atoms with Crippen molar-refractivity contribution in [2.75, 3.05) is 24.8 Å². The number of hydrogen-bond acceptors (Lipinski definition) is 4. The number of nitrogens with two attached hydrogens (primary N) is 1. The Balaban J connectivity index is 2.30. The van der Waals surface area contributed by atoms with Crippen molar-refractivity contribution in [3.8, 4) is 0 Å². The summed E-state index contributed by atoms with van der Waals surface area (Å²) in [6, 6.07) is 6.04. The van der Waals surface area contributed by atoms with Crippen molar-refractivity contribution in [1.29, 1.82) is 0 Å². The number of para-hydroxylation sites is 1. The summed E-state index contributed by atoms with van der Waals surface area (Å²) in [5.41, 5.74) is 7.96. The van der Waals surface area contributed by atoms with Gasteiger partial charge in [0, 0.05) is 13.1 Å². The molecule has 2 N–H and O–H groups in total. The standard InChI is InChI=1S/C14H20N2O2/c1-16(10-6-3-4-7-10)12-9-5-8-11(13(12)15)14(17)18-2/h5,8-10H,3-4,6-7,15H2,1-2H3. The van der Waals surface area contributed by atoms with Gasteiger partial charge in [-0.25, -0.2) is 4.79 Å². The third kappa shape index (κ3) is 2.28. The van der Waals surface area contributed by atoms with Gasteiger partial charge in [-0.1, -0.05) is 18.9 Å². The van der Waals surface area contributed by atoms with Crippen molar-refractivity contribution in [2.24, 2.45) is 0 Å². The number of nitrogens with zero attached hydrogens (tertiary/aromatic N) is 1. The molecule has 0 radical (unpaired) electrons. The molecule has 0 amide bonds. The smallest absolute Gasteiger partial charge is 0.340 e. The van der Waals surface area contributed by atoms with Crippen LogP contribution in [-0.2, 0) is 4.74 Å². The second kappa shape index (κ2) is 5.29.